The van der Waals surface area contributed by atoms with E-state index < -0.39 is 11.9 Å². The van der Waals surface area contributed by atoms with Gasteiger partial charge in [-0.25, -0.2) is 9.97 Å². The van der Waals surface area contributed by atoms with Crippen LogP contribution in [0.2, 0.25) is 0 Å². The fraction of sp³-hybridized carbons (Fsp3) is 0.286. The molecule has 56 heavy (non-hydrogen) atoms. The Labute approximate surface area is 322 Å². The summed E-state index contributed by atoms with van der Waals surface area (Å²) in [6.07, 6.45) is 12.3. The van der Waals surface area contributed by atoms with E-state index in [0.717, 1.165) is 78.0 Å². The van der Waals surface area contributed by atoms with Gasteiger partial charge in [-0.05, 0) is 97.3 Å². The summed E-state index contributed by atoms with van der Waals surface area (Å²) in [5.41, 5.74) is 9.44. The Morgan fingerprint density at radius 3 is 2.43 bits per heavy atom. The molecule has 10 rings (SSSR count). The van der Waals surface area contributed by atoms with Crippen molar-refractivity contribution in [3.8, 4) is 11.3 Å². The second-order valence-corrected chi connectivity index (χ2v) is 15.1. The summed E-state index contributed by atoms with van der Waals surface area (Å²) in [6, 6.07) is 21.9. The van der Waals surface area contributed by atoms with Crippen LogP contribution in [0.1, 0.15) is 58.8 Å². The summed E-state index contributed by atoms with van der Waals surface area (Å²) in [4.78, 5) is 59.9. The summed E-state index contributed by atoms with van der Waals surface area (Å²) in [6.45, 7) is 2.37. The summed E-state index contributed by atoms with van der Waals surface area (Å²) in [5.74, 6) is 0.155. The van der Waals surface area contributed by atoms with Gasteiger partial charge in [0.25, 0.3) is 5.91 Å². The molecule has 1 aliphatic carbocycles. The van der Waals surface area contributed by atoms with Gasteiger partial charge < -0.3 is 15.5 Å². The Morgan fingerprint density at radius 2 is 1.55 bits per heavy atom. The number of imide groups is 1. The summed E-state index contributed by atoms with van der Waals surface area (Å²) < 4.78 is 2.12. The molecular formula is C42H39N11O3. The molecule has 14 heteroatoms. The van der Waals surface area contributed by atoms with Crippen LogP contribution in [-0.4, -0.2) is 82.4 Å². The zero-order valence-corrected chi connectivity index (χ0v) is 30.6. The first kappa shape index (κ1) is 34.0. The number of nitrogens with zero attached hydrogens (tertiary/aromatic N) is 8. The van der Waals surface area contributed by atoms with Gasteiger partial charge in [-0.2, -0.15) is 10.1 Å². The van der Waals surface area contributed by atoms with E-state index in [-0.39, 0.29) is 18.2 Å². The van der Waals surface area contributed by atoms with Gasteiger partial charge in [-0.3, -0.25) is 34.3 Å². The van der Waals surface area contributed by atoms with Gasteiger partial charge in [0.15, 0.2) is 0 Å². The Hall–Kier alpha value is -6.54. The van der Waals surface area contributed by atoms with E-state index in [1.807, 2.05) is 48.8 Å². The fourth-order valence-electron chi connectivity index (χ4n) is 8.63. The van der Waals surface area contributed by atoms with E-state index in [0.29, 0.717) is 42.4 Å². The highest BCUT2D eigenvalue weighted by atomic mass is 16.2. The van der Waals surface area contributed by atoms with Crippen LogP contribution in [0.3, 0.4) is 0 Å². The number of anilines is 4. The minimum Gasteiger partial charge on any atom is -0.340 e. The number of aromatic nitrogens is 6. The smallest absolute Gasteiger partial charge is 0.255 e. The van der Waals surface area contributed by atoms with Crippen LogP contribution in [-0.2, 0) is 29.0 Å². The van der Waals surface area contributed by atoms with Crippen LogP contribution in [0.25, 0.3) is 22.3 Å². The summed E-state index contributed by atoms with van der Waals surface area (Å²) in [7, 11) is 0. The van der Waals surface area contributed by atoms with Crippen molar-refractivity contribution in [1.82, 2.24) is 44.8 Å². The number of likely N-dealkylation sites (tertiary alicyclic amines) is 1. The third-order valence-electron chi connectivity index (χ3n) is 11.6. The van der Waals surface area contributed by atoms with Crippen LogP contribution in [0, 0.1) is 0 Å². The molecule has 3 aliphatic heterocycles. The van der Waals surface area contributed by atoms with Crippen molar-refractivity contribution in [3.63, 3.8) is 0 Å². The molecule has 2 fully saturated rings. The first-order valence-corrected chi connectivity index (χ1v) is 19.2. The largest absolute Gasteiger partial charge is 0.340 e. The molecule has 0 bridgehead atoms. The number of hydrogen-bond acceptors (Lipinski definition) is 11. The number of piperidine rings is 2. The van der Waals surface area contributed by atoms with Crippen LogP contribution < -0.4 is 16.0 Å². The molecule has 280 valence electrons. The minimum absolute atomic E-state index is 0.200. The number of para-hydroxylation sites is 2. The number of amides is 3. The molecule has 3 N–H and O–H groups in total. The maximum atomic E-state index is 13.1. The van der Waals surface area contributed by atoms with Crippen LogP contribution in [0.4, 0.5) is 23.1 Å². The topological polar surface area (TPSA) is 163 Å². The zero-order valence-electron chi connectivity index (χ0n) is 30.6. The predicted molar refractivity (Wildman–Crippen MR) is 209 cm³/mol. The monoisotopic (exact) mass is 745 g/mol. The minimum atomic E-state index is -0.649. The molecule has 0 radical (unpaired) electrons. The number of hydrogen-bond donors (Lipinski definition) is 3. The Bertz CT molecular complexity index is 2530. The number of carbonyl (C=O) groups excluding carboxylic acids is 3. The zero-order chi connectivity index (χ0) is 37.8. The highest BCUT2D eigenvalue weighted by Gasteiger charge is 2.39. The van der Waals surface area contributed by atoms with Gasteiger partial charge >= 0.3 is 0 Å². The fourth-order valence-corrected chi connectivity index (χ4v) is 8.63. The van der Waals surface area contributed by atoms with Crippen LogP contribution >= 0.6 is 0 Å². The summed E-state index contributed by atoms with van der Waals surface area (Å²) in [5, 5.41) is 13.8. The first-order valence-electron chi connectivity index (χ1n) is 19.2. The maximum absolute atomic E-state index is 13.1. The van der Waals surface area contributed by atoms with E-state index in [1.165, 1.54) is 11.1 Å². The molecule has 6 aromatic rings. The second kappa shape index (κ2) is 13.9. The molecule has 3 aromatic carbocycles. The SMILES string of the molecule is O=C1CCC(N2Cc3cc(Nc4ccnc(Nc5ccc6c(c5)CC(N5CCC(n7cc(-c8cnc9ccccc9n8)cn7)CC5)C6)n4)ccc3C2=O)C(=O)N1. The quantitative estimate of drug-likeness (QED) is 0.173. The van der Waals surface area contributed by atoms with E-state index in [2.05, 4.69) is 59.9 Å². The number of benzene rings is 3. The lowest BCUT2D eigenvalue weighted by atomic mass is 10.0. The molecule has 14 nitrogen and oxygen atoms in total. The van der Waals surface area contributed by atoms with Gasteiger partial charge in [0.1, 0.15) is 11.9 Å². The summed E-state index contributed by atoms with van der Waals surface area (Å²) >= 11 is 0. The van der Waals surface area contributed by atoms with Crippen molar-refractivity contribution < 1.29 is 14.4 Å². The van der Waals surface area contributed by atoms with E-state index >= 15 is 0 Å². The molecular weight excluding hydrogens is 707 g/mol. The highest BCUT2D eigenvalue weighted by molar-refractivity contribution is 6.05. The Morgan fingerprint density at radius 1 is 0.750 bits per heavy atom. The second-order valence-electron chi connectivity index (χ2n) is 15.1. The van der Waals surface area contributed by atoms with Crippen molar-refractivity contribution >= 4 is 51.9 Å². The lowest BCUT2D eigenvalue weighted by Gasteiger charge is -2.36. The van der Waals surface area contributed by atoms with Crippen molar-refractivity contribution in [2.45, 2.75) is 63.2 Å². The molecule has 2 saturated heterocycles. The number of nitrogens with one attached hydrogen (secondary N) is 3. The average Bonchev–Trinajstić information content (AvgIpc) is 3.96. The molecule has 3 aromatic heterocycles. The van der Waals surface area contributed by atoms with E-state index in [9.17, 15) is 14.4 Å². The Kier molecular flexibility index (Phi) is 8.47. The van der Waals surface area contributed by atoms with Crippen LogP contribution in [0.15, 0.2) is 91.5 Å². The van der Waals surface area contributed by atoms with Gasteiger partial charge in [-0.15, -0.1) is 0 Å². The molecule has 2 atom stereocenters. The van der Waals surface area contributed by atoms with E-state index in [1.54, 1.807) is 23.2 Å². The lowest BCUT2D eigenvalue weighted by Crippen LogP contribution is -2.52. The molecule has 0 spiro atoms. The standard InChI is InChI=1S/C42H39N11O3/c54-39-10-9-37(40(55)50-39)52-23-27-18-29(7-8-33(27)41(52)56)46-38-11-14-43-42(49-38)47-30-6-5-25-19-32(20-26(25)17-30)51-15-12-31(13-16-51)53-24-28(21-45-53)36-22-44-34-3-1-2-4-35(34)48-36/h1-8,11,14,17-18,21-22,24,31-32,37H,9-10,12-13,15-16,19-20,23H2,(H,50,54,55)(H2,43,46,47,49). The normalized spacial score (nSPS) is 19.9. The van der Waals surface area contributed by atoms with Gasteiger partial charge in [-0.1, -0.05) is 18.2 Å². The third-order valence-corrected chi connectivity index (χ3v) is 11.6. The first-order chi connectivity index (χ1) is 27.4. The average molecular weight is 746 g/mol. The Balaban J connectivity index is 0.742. The molecule has 4 aliphatic rings. The number of rotatable bonds is 8. The molecule has 6 heterocycles. The van der Waals surface area contributed by atoms with Crippen molar-refractivity contribution in [1.29, 1.82) is 0 Å². The van der Waals surface area contributed by atoms with Gasteiger partial charge in [0.2, 0.25) is 17.8 Å². The lowest BCUT2D eigenvalue weighted by molar-refractivity contribution is -0.136. The number of fused-ring (bicyclic) bond motifs is 3. The van der Waals surface area contributed by atoms with Crippen molar-refractivity contribution in [2.75, 3.05) is 23.7 Å². The molecule has 3 amide bonds. The molecule has 2 unspecified atom stereocenters. The van der Waals surface area contributed by atoms with Gasteiger partial charge in [0, 0.05) is 67.0 Å². The third kappa shape index (κ3) is 6.51. The van der Waals surface area contributed by atoms with Crippen LogP contribution in [0.5, 0.6) is 0 Å². The van der Waals surface area contributed by atoms with E-state index in [4.69, 9.17) is 15.1 Å². The maximum Gasteiger partial charge on any atom is 0.255 e. The van der Waals surface area contributed by atoms with Crippen molar-refractivity contribution in [3.05, 3.63) is 114 Å². The molecule has 0 saturated carbocycles. The van der Waals surface area contributed by atoms with Gasteiger partial charge in [0.05, 0.1) is 35.2 Å². The number of carbonyl (C=O) groups is 3. The highest BCUT2D eigenvalue weighted by Crippen LogP contribution is 2.34. The predicted octanol–water partition coefficient (Wildman–Crippen LogP) is 5.34. The van der Waals surface area contributed by atoms with Crippen molar-refractivity contribution in [2.24, 2.45) is 0 Å².